The fraction of sp³-hybridized carbons (Fsp3) is 0.312. The number of carbonyl (C=O) groups excluding carboxylic acids is 1. The maximum atomic E-state index is 11.8. The average molecular weight is 302 g/mol. The SMILES string of the molecule is O=C(NCCOc1cccc2ccccc12)[C@@H]1CSCN1. The number of nitrogens with one attached hydrogen (secondary N) is 2. The van der Waals surface area contributed by atoms with Gasteiger partial charge < -0.3 is 10.1 Å². The third-order valence-electron chi connectivity index (χ3n) is 3.44. The van der Waals surface area contributed by atoms with Gasteiger partial charge in [-0.05, 0) is 11.5 Å². The highest BCUT2D eigenvalue weighted by Crippen LogP contribution is 2.24. The quantitative estimate of drug-likeness (QED) is 0.830. The molecule has 1 amide bonds. The van der Waals surface area contributed by atoms with Crippen LogP contribution in [0.2, 0.25) is 0 Å². The minimum Gasteiger partial charge on any atom is -0.491 e. The third-order valence-corrected chi connectivity index (χ3v) is 4.38. The Bertz CT molecular complexity index is 621. The zero-order valence-electron chi connectivity index (χ0n) is 11.7. The highest BCUT2D eigenvalue weighted by atomic mass is 32.2. The molecule has 4 nitrogen and oxygen atoms in total. The molecule has 3 rings (SSSR count). The van der Waals surface area contributed by atoms with Gasteiger partial charge in [-0.1, -0.05) is 36.4 Å². The second-order valence-electron chi connectivity index (χ2n) is 4.89. The summed E-state index contributed by atoms with van der Waals surface area (Å²) in [5, 5.41) is 8.31. The Hall–Kier alpha value is -1.72. The van der Waals surface area contributed by atoms with Gasteiger partial charge >= 0.3 is 0 Å². The van der Waals surface area contributed by atoms with E-state index in [0.29, 0.717) is 13.2 Å². The minimum atomic E-state index is -0.0624. The monoisotopic (exact) mass is 302 g/mol. The van der Waals surface area contributed by atoms with Crippen LogP contribution in [0.1, 0.15) is 0 Å². The molecule has 0 saturated carbocycles. The Balaban J connectivity index is 1.51. The van der Waals surface area contributed by atoms with Crippen LogP contribution in [-0.2, 0) is 4.79 Å². The number of carbonyl (C=O) groups is 1. The topological polar surface area (TPSA) is 50.4 Å². The van der Waals surface area contributed by atoms with Crippen molar-refractivity contribution in [2.24, 2.45) is 0 Å². The van der Waals surface area contributed by atoms with Crippen LogP contribution in [0.5, 0.6) is 5.75 Å². The fourth-order valence-corrected chi connectivity index (χ4v) is 3.29. The van der Waals surface area contributed by atoms with Crippen molar-refractivity contribution in [2.75, 3.05) is 24.8 Å². The number of hydrogen-bond donors (Lipinski definition) is 2. The van der Waals surface area contributed by atoms with Gasteiger partial charge in [0.25, 0.3) is 0 Å². The number of fused-ring (bicyclic) bond motifs is 1. The van der Waals surface area contributed by atoms with Crippen LogP contribution in [0, 0.1) is 0 Å². The van der Waals surface area contributed by atoms with Gasteiger partial charge in [0.15, 0.2) is 0 Å². The van der Waals surface area contributed by atoms with E-state index >= 15 is 0 Å². The number of amides is 1. The molecular formula is C16H18N2O2S. The largest absolute Gasteiger partial charge is 0.491 e. The van der Waals surface area contributed by atoms with Crippen molar-refractivity contribution in [3.8, 4) is 5.75 Å². The lowest BCUT2D eigenvalue weighted by atomic mass is 10.1. The first-order chi connectivity index (χ1) is 10.3. The van der Waals surface area contributed by atoms with E-state index in [1.165, 1.54) is 0 Å². The first-order valence-corrected chi connectivity index (χ1v) is 8.19. The second kappa shape index (κ2) is 6.83. The summed E-state index contributed by atoms with van der Waals surface area (Å²) in [6.07, 6.45) is 0. The molecule has 110 valence electrons. The lowest BCUT2D eigenvalue weighted by Crippen LogP contribution is -2.43. The summed E-state index contributed by atoms with van der Waals surface area (Å²) in [5.74, 6) is 2.61. The first-order valence-electron chi connectivity index (χ1n) is 7.04. The Morgan fingerprint density at radius 1 is 1.29 bits per heavy atom. The van der Waals surface area contributed by atoms with Gasteiger partial charge in [0.1, 0.15) is 12.4 Å². The molecule has 1 fully saturated rings. The summed E-state index contributed by atoms with van der Waals surface area (Å²) >= 11 is 1.74. The molecule has 1 atom stereocenters. The molecule has 21 heavy (non-hydrogen) atoms. The number of ether oxygens (including phenoxy) is 1. The fourth-order valence-electron chi connectivity index (χ4n) is 2.34. The number of rotatable bonds is 5. The van der Waals surface area contributed by atoms with Gasteiger partial charge in [0, 0.05) is 17.0 Å². The normalized spacial score (nSPS) is 17.8. The van der Waals surface area contributed by atoms with E-state index in [9.17, 15) is 4.79 Å². The van der Waals surface area contributed by atoms with Crippen molar-refractivity contribution in [3.05, 3.63) is 42.5 Å². The molecule has 5 heteroatoms. The van der Waals surface area contributed by atoms with E-state index in [2.05, 4.69) is 22.8 Å². The molecule has 2 aromatic rings. The summed E-state index contributed by atoms with van der Waals surface area (Å²) in [6, 6.07) is 14.1. The van der Waals surface area contributed by atoms with Gasteiger partial charge in [-0.2, -0.15) is 0 Å². The van der Waals surface area contributed by atoms with Crippen molar-refractivity contribution in [1.29, 1.82) is 0 Å². The molecule has 2 N–H and O–H groups in total. The summed E-state index contributed by atoms with van der Waals surface area (Å²) < 4.78 is 5.79. The van der Waals surface area contributed by atoms with Crippen molar-refractivity contribution < 1.29 is 9.53 Å². The molecule has 0 aliphatic carbocycles. The van der Waals surface area contributed by atoms with Crippen LogP contribution in [0.3, 0.4) is 0 Å². The standard InChI is InChI=1S/C16H18N2O2S/c19-16(14-10-21-11-18-14)17-8-9-20-15-7-3-5-12-4-1-2-6-13(12)15/h1-7,14,18H,8-11H2,(H,17,19)/t14-/m0/s1. The van der Waals surface area contributed by atoms with Gasteiger partial charge in [-0.25, -0.2) is 0 Å². The van der Waals surface area contributed by atoms with E-state index in [0.717, 1.165) is 28.2 Å². The molecule has 0 aromatic heterocycles. The maximum absolute atomic E-state index is 11.8. The van der Waals surface area contributed by atoms with E-state index in [1.54, 1.807) is 11.8 Å². The van der Waals surface area contributed by atoms with Crippen LogP contribution in [0.15, 0.2) is 42.5 Å². The van der Waals surface area contributed by atoms with E-state index < -0.39 is 0 Å². The molecule has 0 bridgehead atoms. The summed E-state index contributed by atoms with van der Waals surface area (Å²) in [6.45, 7) is 0.991. The predicted octanol–water partition coefficient (Wildman–Crippen LogP) is 2.00. The van der Waals surface area contributed by atoms with Crippen LogP contribution in [0.4, 0.5) is 0 Å². The predicted molar refractivity (Wildman–Crippen MR) is 86.7 cm³/mol. The van der Waals surface area contributed by atoms with Gasteiger partial charge in [0.05, 0.1) is 12.6 Å². The Morgan fingerprint density at radius 3 is 3.00 bits per heavy atom. The van der Waals surface area contributed by atoms with Gasteiger partial charge in [-0.3, -0.25) is 10.1 Å². The molecule has 1 aliphatic rings. The Kier molecular flexibility index (Phi) is 4.62. The first kappa shape index (κ1) is 14.2. The summed E-state index contributed by atoms with van der Waals surface area (Å²) in [7, 11) is 0. The Labute approximate surface area is 128 Å². The van der Waals surface area contributed by atoms with Gasteiger partial charge in [0.2, 0.25) is 5.91 Å². The molecule has 0 spiro atoms. The molecule has 1 aliphatic heterocycles. The smallest absolute Gasteiger partial charge is 0.238 e. The molecule has 2 aromatic carbocycles. The van der Waals surface area contributed by atoms with Crippen LogP contribution in [-0.4, -0.2) is 36.7 Å². The van der Waals surface area contributed by atoms with Crippen LogP contribution >= 0.6 is 11.8 Å². The highest BCUT2D eigenvalue weighted by molar-refractivity contribution is 7.99. The molecular weight excluding hydrogens is 284 g/mol. The van der Waals surface area contributed by atoms with Crippen molar-refractivity contribution in [1.82, 2.24) is 10.6 Å². The van der Waals surface area contributed by atoms with Crippen LogP contribution in [0.25, 0.3) is 10.8 Å². The van der Waals surface area contributed by atoms with E-state index in [-0.39, 0.29) is 11.9 Å². The third kappa shape index (κ3) is 3.49. The zero-order valence-corrected chi connectivity index (χ0v) is 12.5. The molecule has 0 radical (unpaired) electrons. The second-order valence-corrected chi connectivity index (χ2v) is 5.92. The average Bonchev–Trinajstić information content (AvgIpc) is 3.06. The number of benzene rings is 2. The molecule has 0 unspecified atom stereocenters. The van der Waals surface area contributed by atoms with E-state index in [1.807, 2.05) is 30.3 Å². The van der Waals surface area contributed by atoms with Crippen molar-refractivity contribution in [3.63, 3.8) is 0 Å². The van der Waals surface area contributed by atoms with Crippen LogP contribution < -0.4 is 15.4 Å². The maximum Gasteiger partial charge on any atom is 0.238 e. The molecule has 1 saturated heterocycles. The lowest BCUT2D eigenvalue weighted by Gasteiger charge is -2.12. The number of thioether (sulfide) groups is 1. The van der Waals surface area contributed by atoms with E-state index in [4.69, 9.17) is 4.74 Å². The van der Waals surface area contributed by atoms with Gasteiger partial charge in [-0.15, -0.1) is 11.8 Å². The Morgan fingerprint density at radius 2 is 2.14 bits per heavy atom. The van der Waals surface area contributed by atoms with Crippen molar-refractivity contribution in [2.45, 2.75) is 6.04 Å². The number of hydrogen-bond acceptors (Lipinski definition) is 4. The summed E-state index contributed by atoms with van der Waals surface area (Å²) in [4.78, 5) is 11.8. The summed E-state index contributed by atoms with van der Waals surface area (Å²) in [5.41, 5.74) is 0. The minimum absolute atomic E-state index is 0.0570. The van der Waals surface area contributed by atoms with Crippen molar-refractivity contribution >= 4 is 28.4 Å². The highest BCUT2D eigenvalue weighted by Gasteiger charge is 2.21. The molecule has 1 heterocycles. The lowest BCUT2D eigenvalue weighted by molar-refractivity contribution is -0.122. The zero-order chi connectivity index (χ0) is 14.5.